The number of aromatic nitrogens is 3. The zero-order valence-corrected chi connectivity index (χ0v) is 20.5. The molecule has 0 radical (unpaired) electrons. The van der Waals surface area contributed by atoms with Gasteiger partial charge >= 0.3 is 5.97 Å². The summed E-state index contributed by atoms with van der Waals surface area (Å²) in [5.41, 5.74) is 2.76. The van der Waals surface area contributed by atoms with Crippen LogP contribution < -0.4 is 5.56 Å². The van der Waals surface area contributed by atoms with Gasteiger partial charge in [0.05, 0.1) is 16.7 Å². The quantitative estimate of drug-likeness (QED) is 0.332. The highest BCUT2D eigenvalue weighted by Crippen LogP contribution is 2.25. The van der Waals surface area contributed by atoms with Gasteiger partial charge in [0.2, 0.25) is 0 Å². The third kappa shape index (κ3) is 5.24. The number of hydrogen-bond acceptors (Lipinski definition) is 4. The van der Waals surface area contributed by atoms with Crippen LogP contribution >= 0.6 is 0 Å². The SMILES string of the molecule is CC(C)C[C@@H](C(=O)O)n1cc(CCc2cc(F)cc3nc4ccccc4cc23)nc(C(C)C)c1=O. The summed E-state index contributed by atoms with van der Waals surface area (Å²) in [6.07, 6.45) is 2.80. The van der Waals surface area contributed by atoms with Crippen molar-refractivity contribution in [1.82, 2.24) is 14.5 Å². The molecule has 0 bridgehead atoms. The van der Waals surface area contributed by atoms with Crippen LogP contribution in [0.5, 0.6) is 0 Å². The van der Waals surface area contributed by atoms with Crippen LogP contribution in [0.3, 0.4) is 0 Å². The number of carboxylic acids is 1. The molecule has 6 nitrogen and oxygen atoms in total. The second-order valence-corrected chi connectivity index (χ2v) is 9.78. The van der Waals surface area contributed by atoms with E-state index < -0.39 is 12.0 Å². The molecule has 0 aliphatic heterocycles. The van der Waals surface area contributed by atoms with Crippen molar-refractivity contribution >= 4 is 27.8 Å². The molecule has 0 unspecified atom stereocenters. The van der Waals surface area contributed by atoms with Gasteiger partial charge in [0, 0.05) is 29.0 Å². The van der Waals surface area contributed by atoms with Gasteiger partial charge in [0.15, 0.2) is 0 Å². The standard InChI is InChI=1S/C28H30FN3O3/c1-16(2)11-25(28(34)35)32-15-21(30-26(17(3)4)27(32)33)10-9-18-12-20(29)14-24-22(18)13-19-7-5-6-8-23(19)31-24/h5-8,12-17,25H,9-11H2,1-4H3,(H,34,35)/t25-/m0/s1. The number of carbonyl (C=O) groups is 1. The molecule has 0 fully saturated rings. The summed E-state index contributed by atoms with van der Waals surface area (Å²) in [6, 6.07) is 11.7. The Bertz CT molecular complexity index is 1460. The van der Waals surface area contributed by atoms with E-state index in [1.807, 2.05) is 58.0 Å². The lowest BCUT2D eigenvalue weighted by Crippen LogP contribution is -2.34. The fourth-order valence-corrected chi connectivity index (χ4v) is 4.47. The Morgan fingerprint density at radius 3 is 2.46 bits per heavy atom. The minimum absolute atomic E-state index is 0.100. The van der Waals surface area contributed by atoms with Crippen LogP contribution in [0.4, 0.5) is 4.39 Å². The van der Waals surface area contributed by atoms with Crippen molar-refractivity contribution in [2.24, 2.45) is 5.92 Å². The first-order chi connectivity index (χ1) is 16.6. The van der Waals surface area contributed by atoms with Gasteiger partial charge in [0.1, 0.15) is 17.6 Å². The van der Waals surface area contributed by atoms with E-state index in [2.05, 4.69) is 9.97 Å². The van der Waals surface area contributed by atoms with Crippen molar-refractivity contribution in [3.8, 4) is 0 Å². The summed E-state index contributed by atoms with van der Waals surface area (Å²) in [4.78, 5) is 34.3. The molecule has 2 aromatic heterocycles. The van der Waals surface area contributed by atoms with E-state index in [9.17, 15) is 19.1 Å². The first-order valence-electron chi connectivity index (χ1n) is 12.0. The molecule has 0 saturated heterocycles. The third-order valence-electron chi connectivity index (χ3n) is 6.20. The van der Waals surface area contributed by atoms with Gasteiger partial charge in [-0.05, 0) is 48.9 Å². The molecule has 0 aliphatic rings. The molecule has 0 saturated carbocycles. The van der Waals surface area contributed by atoms with Gasteiger partial charge in [-0.25, -0.2) is 14.2 Å². The summed E-state index contributed by atoms with van der Waals surface area (Å²) < 4.78 is 15.8. The van der Waals surface area contributed by atoms with Crippen LogP contribution in [-0.4, -0.2) is 25.6 Å². The summed E-state index contributed by atoms with van der Waals surface area (Å²) in [6.45, 7) is 7.60. The van der Waals surface area contributed by atoms with Crippen molar-refractivity contribution in [3.63, 3.8) is 0 Å². The molecule has 2 aromatic carbocycles. The van der Waals surface area contributed by atoms with Crippen molar-refractivity contribution in [2.45, 2.75) is 58.9 Å². The number of nitrogens with zero attached hydrogens (tertiary/aromatic N) is 3. The van der Waals surface area contributed by atoms with Gasteiger partial charge in [0.25, 0.3) is 5.56 Å². The molecule has 0 spiro atoms. The van der Waals surface area contributed by atoms with Crippen LogP contribution in [0.2, 0.25) is 0 Å². The number of pyridine rings is 1. The summed E-state index contributed by atoms with van der Waals surface area (Å²) in [5, 5.41) is 11.7. The van der Waals surface area contributed by atoms with Crippen LogP contribution in [-0.2, 0) is 17.6 Å². The number of rotatable bonds is 8. The van der Waals surface area contributed by atoms with Crippen LogP contribution in [0.25, 0.3) is 21.8 Å². The molecular formula is C28H30FN3O3. The summed E-state index contributed by atoms with van der Waals surface area (Å²) in [5.74, 6) is -1.46. The Labute approximate surface area is 203 Å². The van der Waals surface area contributed by atoms with E-state index in [4.69, 9.17) is 0 Å². The minimum atomic E-state index is -1.04. The van der Waals surface area contributed by atoms with Crippen LogP contribution in [0, 0.1) is 11.7 Å². The smallest absolute Gasteiger partial charge is 0.326 e. The Balaban J connectivity index is 1.75. The number of fused-ring (bicyclic) bond motifs is 2. The molecular weight excluding hydrogens is 445 g/mol. The number of halogens is 1. The number of aliphatic carboxylic acids is 1. The Hall–Kier alpha value is -3.61. The fraction of sp³-hybridized carbons (Fsp3) is 0.357. The van der Waals surface area contributed by atoms with E-state index in [0.717, 1.165) is 21.9 Å². The first-order valence-corrected chi connectivity index (χ1v) is 12.0. The Kier molecular flexibility index (Phi) is 6.96. The highest BCUT2D eigenvalue weighted by atomic mass is 19.1. The molecule has 1 N–H and O–H groups in total. The van der Waals surface area contributed by atoms with Gasteiger partial charge in [-0.1, -0.05) is 45.9 Å². The largest absolute Gasteiger partial charge is 0.480 e. The fourth-order valence-electron chi connectivity index (χ4n) is 4.47. The molecule has 0 aliphatic carbocycles. The molecule has 35 heavy (non-hydrogen) atoms. The van der Waals surface area contributed by atoms with Crippen molar-refractivity contribution in [3.05, 3.63) is 81.8 Å². The third-order valence-corrected chi connectivity index (χ3v) is 6.20. The molecule has 1 atom stereocenters. The number of aryl methyl sites for hydroxylation is 2. The highest BCUT2D eigenvalue weighted by Gasteiger charge is 2.25. The van der Waals surface area contributed by atoms with E-state index in [1.54, 1.807) is 6.20 Å². The van der Waals surface area contributed by atoms with Crippen LogP contribution in [0.15, 0.2) is 53.5 Å². The normalized spacial score (nSPS) is 12.7. The van der Waals surface area contributed by atoms with Crippen LogP contribution in [0.1, 0.15) is 63.0 Å². The van der Waals surface area contributed by atoms with E-state index >= 15 is 0 Å². The lowest BCUT2D eigenvalue weighted by molar-refractivity contribution is -0.141. The van der Waals surface area contributed by atoms with Gasteiger partial charge in [-0.3, -0.25) is 14.3 Å². The zero-order chi connectivity index (χ0) is 25.3. The topological polar surface area (TPSA) is 85.1 Å². The lowest BCUT2D eigenvalue weighted by atomic mass is 10.00. The highest BCUT2D eigenvalue weighted by molar-refractivity contribution is 5.94. The average Bonchev–Trinajstić information content (AvgIpc) is 2.80. The summed E-state index contributed by atoms with van der Waals surface area (Å²) >= 11 is 0. The number of hydrogen-bond donors (Lipinski definition) is 1. The van der Waals surface area contributed by atoms with Gasteiger partial charge < -0.3 is 5.11 Å². The van der Waals surface area contributed by atoms with Crippen molar-refractivity contribution in [2.75, 3.05) is 0 Å². The predicted molar refractivity (Wildman–Crippen MR) is 135 cm³/mol. The second-order valence-electron chi connectivity index (χ2n) is 9.78. The Morgan fingerprint density at radius 1 is 1.03 bits per heavy atom. The van der Waals surface area contributed by atoms with Crippen molar-refractivity contribution < 1.29 is 14.3 Å². The molecule has 7 heteroatoms. The van der Waals surface area contributed by atoms with E-state index in [0.29, 0.717) is 36.2 Å². The van der Waals surface area contributed by atoms with Gasteiger partial charge in [-0.2, -0.15) is 0 Å². The molecule has 2 heterocycles. The van der Waals surface area contributed by atoms with Gasteiger partial charge in [-0.15, -0.1) is 0 Å². The maximum atomic E-state index is 14.5. The minimum Gasteiger partial charge on any atom is -0.480 e. The second kappa shape index (κ2) is 9.94. The molecule has 0 amide bonds. The monoisotopic (exact) mass is 475 g/mol. The lowest BCUT2D eigenvalue weighted by Gasteiger charge is -2.20. The zero-order valence-electron chi connectivity index (χ0n) is 20.5. The first kappa shape index (κ1) is 24.5. The Morgan fingerprint density at radius 2 is 1.77 bits per heavy atom. The number of carboxylic acid groups (broad SMARTS) is 1. The maximum Gasteiger partial charge on any atom is 0.326 e. The molecule has 4 rings (SSSR count). The average molecular weight is 476 g/mol. The molecule has 182 valence electrons. The van der Waals surface area contributed by atoms with E-state index in [-0.39, 0.29) is 23.2 Å². The van der Waals surface area contributed by atoms with E-state index in [1.165, 1.54) is 16.7 Å². The number of benzene rings is 2. The predicted octanol–water partition coefficient (Wildman–Crippen LogP) is 5.66. The summed E-state index contributed by atoms with van der Waals surface area (Å²) in [7, 11) is 0. The maximum absolute atomic E-state index is 14.5. The number of para-hydroxylation sites is 1. The van der Waals surface area contributed by atoms with Crippen molar-refractivity contribution in [1.29, 1.82) is 0 Å². The molecule has 4 aromatic rings.